The molecule has 0 unspecified atom stereocenters. The van der Waals surface area contributed by atoms with Crippen molar-refractivity contribution in [1.82, 2.24) is 0 Å². The number of esters is 1. The van der Waals surface area contributed by atoms with Crippen LogP contribution < -0.4 is 0 Å². The van der Waals surface area contributed by atoms with Crippen molar-refractivity contribution in [3.8, 4) is 0 Å². The van der Waals surface area contributed by atoms with Crippen molar-refractivity contribution in [3.63, 3.8) is 0 Å². The van der Waals surface area contributed by atoms with Gasteiger partial charge >= 0.3 is 5.97 Å². The van der Waals surface area contributed by atoms with Gasteiger partial charge in [-0.05, 0) is 19.8 Å². The molecule has 0 N–H and O–H groups in total. The maximum Gasteiger partial charge on any atom is 0.305 e. The first-order chi connectivity index (χ1) is 5.31. The van der Waals surface area contributed by atoms with E-state index in [-0.39, 0.29) is 5.97 Å². The molecule has 0 aromatic heterocycles. The van der Waals surface area contributed by atoms with Crippen LogP contribution in [0.25, 0.3) is 0 Å². The maximum absolute atomic E-state index is 10.7. The van der Waals surface area contributed by atoms with E-state index in [9.17, 15) is 4.79 Å². The van der Waals surface area contributed by atoms with Gasteiger partial charge < -0.3 is 7.80 Å². The van der Waals surface area contributed by atoms with Gasteiger partial charge in [0.1, 0.15) is 23.0 Å². The minimum Gasteiger partial charge on any atom is -0.466 e. The quantitative estimate of drug-likeness (QED) is 0.422. The second-order valence-corrected chi connectivity index (χ2v) is 2.70. The zero-order chi connectivity index (χ0) is 8.53. The van der Waals surface area contributed by atoms with Gasteiger partial charge in [0.05, 0.1) is 13.2 Å². The predicted octanol–water partition coefficient (Wildman–Crippen LogP) is 2.09. The third kappa shape index (κ3) is 8.06. The molecule has 0 amide bonds. The Labute approximate surface area is 81.1 Å². The van der Waals surface area contributed by atoms with Crippen LogP contribution in [0.2, 0.25) is 0 Å². The summed E-state index contributed by atoms with van der Waals surface area (Å²) in [7, 11) is 0. The Kier molecular flexibility index (Phi) is 8.38. The molecule has 0 rings (SSSR count). The van der Waals surface area contributed by atoms with E-state index in [1.807, 2.05) is 29.9 Å². The summed E-state index contributed by atoms with van der Waals surface area (Å²) in [6, 6.07) is 0. The summed E-state index contributed by atoms with van der Waals surface area (Å²) in [5.41, 5.74) is 0. The third-order valence-electron chi connectivity index (χ3n) is 1.16. The molecule has 0 radical (unpaired) electrons. The second kappa shape index (κ2) is 8.26. The first-order valence-corrected chi connectivity index (χ1v) is 4.58. The van der Waals surface area contributed by atoms with Crippen molar-refractivity contribution in [3.05, 3.63) is 0 Å². The summed E-state index contributed by atoms with van der Waals surface area (Å²) in [6.45, 7) is 2.99. The lowest BCUT2D eigenvalue weighted by Crippen LogP contribution is -2.03. The summed E-state index contributed by atoms with van der Waals surface area (Å²) in [5, 5.41) is 0. The van der Waals surface area contributed by atoms with Crippen LogP contribution in [0.5, 0.6) is 0 Å². The first-order valence-electron chi connectivity index (χ1n) is 3.70. The van der Waals surface area contributed by atoms with Crippen molar-refractivity contribution in [2.24, 2.45) is 0 Å². The minimum absolute atomic E-state index is 0.110. The fourth-order valence-electron chi connectivity index (χ4n) is 0.659. The lowest BCUT2D eigenvalue weighted by atomic mass is 10.2. The molecule has 0 saturated heterocycles. The zero-order valence-electron chi connectivity index (χ0n) is 6.64. The van der Waals surface area contributed by atoms with Gasteiger partial charge in [-0.1, -0.05) is 0 Å². The summed E-state index contributed by atoms with van der Waals surface area (Å²) in [5.74, 6) is -0.110. The van der Waals surface area contributed by atoms with Crippen molar-refractivity contribution < 1.29 is 12.6 Å². The van der Waals surface area contributed by atoms with Gasteiger partial charge in [-0.2, -0.15) is 0 Å². The SMILES string of the molecule is CCOC(=O)CCCCOI. The molecular formula is C7H13IO3. The molecule has 0 saturated carbocycles. The van der Waals surface area contributed by atoms with Crippen LogP contribution in [0.1, 0.15) is 26.2 Å². The highest BCUT2D eigenvalue weighted by atomic mass is 127. The summed E-state index contributed by atoms with van der Waals surface area (Å²) < 4.78 is 9.54. The van der Waals surface area contributed by atoms with Crippen LogP contribution in [0.4, 0.5) is 0 Å². The topological polar surface area (TPSA) is 35.5 Å². The Morgan fingerprint density at radius 1 is 1.45 bits per heavy atom. The Balaban J connectivity index is 3.04. The van der Waals surface area contributed by atoms with E-state index in [0.29, 0.717) is 19.6 Å². The van der Waals surface area contributed by atoms with Crippen molar-refractivity contribution >= 4 is 29.0 Å². The molecule has 0 aromatic rings. The molecule has 0 aliphatic heterocycles. The molecule has 3 nitrogen and oxygen atoms in total. The Bertz CT molecular complexity index is 106. The second-order valence-electron chi connectivity index (χ2n) is 2.08. The minimum atomic E-state index is -0.110. The van der Waals surface area contributed by atoms with Crippen LogP contribution in [-0.2, 0) is 12.6 Å². The van der Waals surface area contributed by atoms with E-state index in [1.165, 1.54) is 0 Å². The highest BCUT2D eigenvalue weighted by Gasteiger charge is 1.99. The van der Waals surface area contributed by atoms with E-state index in [0.717, 1.165) is 12.8 Å². The predicted molar refractivity (Wildman–Crippen MR) is 50.5 cm³/mol. The number of rotatable bonds is 6. The lowest BCUT2D eigenvalue weighted by molar-refractivity contribution is -0.143. The van der Waals surface area contributed by atoms with Gasteiger partial charge in [0.2, 0.25) is 0 Å². The molecule has 4 heteroatoms. The van der Waals surface area contributed by atoms with E-state index in [1.54, 1.807) is 0 Å². The smallest absolute Gasteiger partial charge is 0.305 e. The summed E-state index contributed by atoms with van der Waals surface area (Å²) in [4.78, 5) is 10.7. The number of carbonyl (C=O) groups excluding carboxylic acids is 1. The van der Waals surface area contributed by atoms with Crippen LogP contribution >= 0.6 is 23.0 Å². The molecule has 0 fully saturated rings. The molecule has 0 aliphatic carbocycles. The van der Waals surface area contributed by atoms with Crippen LogP contribution in [0, 0.1) is 0 Å². The average molecular weight is 272 g/mol. The molecule has 0 atom stereocenters. The Morgan fingerprint density at radius 2 is 2.18 bits per heavy atom. The highest BCUT2D eigenvalue weighted by molar-refractivity contribution is 14.1. The number of hydrogen-bond acceptors (Lipinski definition) is 3. The van der Waals surface area contributed by atoms with Gasteiger partial charge in [-0.15, -0.1) is 0 Å². The van der Waals surface area contributed by atoms with Crippen LogP contribution in [-0.4, -0.2) is 19.2 Å². The van der Waals surface area contributed by atoms with E-state index in [2.05, 4.69) is 0 Å². The fraction of sp³-hybridized carbons (Fsp3) is 0.857. The van der Waals surface area contributed by atoms with Gasteiger partial charge in [-0.25, -0.2) is 0 Å². The molecular weight excluding hydrogens is 259 g/mol. The number of carbonyl (C=O) groups is 1. The van der Waals surface area contributed by atoms with Crippen LogP contribution in [0.15, 0.2) is 0 Å². The number of ether oxygens (including phenoxy) is 1. The Hall–Kier alpha value is 0.160. The van der Waals surface area contributed by atoms with Crippen LogP contribution in [0.3, 0.4) is 0 Å². The highest BCUT2D eigenvalue weighted by Crippen LogP contribution is 1.99. The van der Waals surface area contributed by atoms with E-state index >= 15 is 0 Å². The van der Waals surface area contributed by atoms with E-state index in [4.69, 9.17) is 7.80 Å². The molecule has 0 aromatic carbocycles. The van der Waals surface area contributed by atoms with Gasteiger partial charge in [0.15, 0.2) is 0 Å². The zero-order valence-corrected chi connectivity index (χ0v) is 8.80. The molecule has 0 heterocycles. The monoisotopic (exact) mass is 272 g/mol. The van der Waals surface area contributed by atoms with Gasteiger partial charge in [-0.3, -0.25) is 4.79 Å². The molecule has 0 aliphatic rings. The molecule has 66 valence electrons. The number of hydrogen-bond donors (Lipinski definition) is 0. The normalized spacial score (nSPS) is 9.64. The summed E-state index contributed by atoms with van der Waals surface area (Å²) in [6.07, 6.45) is 2.28. The van der Waals surface area contributed by atoms with Gasteiger partial charge in [0, 0.05) is 6.42 Å². The Morgan fingerprint density at radius 3 is 2.73 bits per heavy atom. The fourth-order valence-corrected chi connectivity index (χ4v) is 0.971. The molecule has 11 heavy (non-hydrogen) atoms. The van der Waals surface area contributed by atoms with E-state index < -0.39 is 0 Å². The number of unbranched alkanes of at least 4 members (excludes halogenated alkanes) is 1. The van der Waals surface area contributed by atoms with Gasteiger partial charge in [0.25, 0.3) is 0 Å². The average Bonchev–Trinajstić information content (AvgIpc) is 1.99. The van der Waals surface area contributed by atoms with Crippen molar-refractivity contribution in [1.29, 1.82) is 0 Å². The third-order valence-corrected chi connectivity index (χ3v) is 1.60. The largest absolute Gasteiger partial charge is 0.466 e. The standard InChI is InChI=1S/C7H13IO3/c1-2-10-7(9)5-3-4-6-11-8/h2-6H2,1H3. The number of halogens is 1. The van der Waals surface area contributed by atoms with Crippen molar-refractivity contribution in [2.45, 2.75) is 26.2 Å². The van der Waals surface area contributed by atoms with Crippen molar-refractivity contribution in [2.75, 3.05) is 13.2 Å². The molecule has 0 bridgehead atoms. The first kappa shape index (κ1) is 11.2. The summed E-state index contributed by atoms with van der Waals surface area (Å²) >= 11 is 1.84. The maximum atomic E-state index is 10.7. The molecule has 0 spiro atoms. The lowest BCUT2D eigenvalue weighted by Gasteiger charge is -1.99.